The van der Waals surface area contributed by atoms with Crippen molar-refractivity contribution in [1.29, 1.82) is 0 Å². The molecule has 0 aromatic heterocycles. The molecule has 5 heteroatoms. The molecule has 1 rings (SSSR count). The lowest BCUT2D eigenvalue weighted by Crippen LogP contribution is -2.35. The summed E-state index contributed by atoms with van der Waals surface area (Å²) >= 11 is 0. The Hall–Kier alpha value is -2.04. The number of rotatable bonds is 4. The smallest absolute Gasteiger partial charge is 0.336 e. The number of carbonyl (C=O) groups is 2. The van der Waals surface area contributed by atoms with Crippen LogP contribution < -0.4 is 10.6 Å². The lowest BCUT2D eigenvalue weighted by atomic mass is 10.1. The highest BCUT2D eigenvalue weighted by Gasteiger charge is 2.09. The number of carboxylic acids is 1. The molecule has 0 saturated heterocycles. The average Bonchev–Trinajstić information content (AvgIpc) is 2.27. The molecule has 0 atom stereocenters. The summed E-state index contributed by atoms with van der Waals surface area (Å²) in [6.07, 6.45) is 0. The van der Waals surface area contributed by atoms with E-state index in [1.807, 2.05) is 6.92 Å². The van der Waals surface area contributed by atoms with Crippen molar-refractivity contribution < 1.29 is 14.7 Å². The van der Waals surface area contributed by atoms with E-state index in [4.69, 9.17) is 5.11 Å². The highest BCUT2D eigenvalue weighted by molar-refractivity contribution is 5.89. The Balaban J connectivity index is 2.66. The van der Waals surface area contributed by atoms with Gasteiger partial charge < -0.3 is 15.7 Å². The fourth-order valence-electron chi connectivity index (χ4n) is 1.28. The number of nitrogens with one attached hydrogen (secondary N) is 2. The molecule has 16 heavy (non-hydrogen) atoms. The van der Waals surface area contributed by atoms with E-state index in [1.165, 1.54) is 6.07 Å². The largest absolute Gasteiger partial charge is 0.478 e. The van der Waals surface area contributed by atoms with Crippen molar-refractivity contribution in [3.05, 3.63) is 35.4 Å². The normalized spacial score (nSPS) is 9.56. The molecule has 2 amide bonds. The van der Waals surface area contributed by atoms with Gasteiger partial charge in [0.15, 0.2) is 0 Å². The van der Waals surface area contributed by atoms with Crippen molar-refractivity contribution in [2.75, 3.05) is 6.54 Å². The minimum absolute atomic E-state index is 0.203. The summed E-state index contributed by atoms with van der Waals surface area (Å²) in [5.74, 6) is -0.992. The lowest BCUT2D eigenvalue weighted by Gasteiger charge is -2.08. The van der Waals surface area contributed by atoms with Gasteiger partial charge in [0.2, 0.25) is 0 Å². The van der Waals surface area contributed by atoms with Crippen LogP contribution in [0.1, 0.15) is 22.8 Å². The van der Waals surface area contributed by atoms with E-state index >= 15 is 0 Å². The second-order valence-electron chi connectivity index (χ2n) is 3.18. The van der Waals surface area contributed by atoms with Crippen molar-refractivity contribution in [1.82, 2.24) is 10.6 Å². The van der Waals surface area contributed by atoms with Gasteiger partial charge in [-0.25, -0.2) is 9.59 Å². The van der Waals surface area contributed by atoms with Crippen molar-refractivity contribution in [3.63, 3.8) is 0 Å². The fourth-order valence-corrected chi connectivity index (χ4v) is 1.28. The maximum atomic E-state index is 11.1. The molecule has 0 saturated carbocycles. The molecule has 0 bridgehead atoms. The van der Waals surface area contributed by atoms with Gasteiger partial charge in [-0.3, -0.25) is 0 Å². The van der Waals surface area contributed by atoms with Crippen LogP contribution >= 0.6 is 0 Å². The quantitative estimate of drug-likeness (QED) is 0.716. The molecule has 0 unspecified atom stereocenters. The summed E-state index contributed by atoms with van der Waals surface area (Å²) in [7, 11) is 0. The van der Waals surface area contributed by atoms with Crippen molar-refractivity contribution in [3.8, 4) is 0 Å². The third kappa shape index (κ3) is 3.27. The number of carboxylic acid groups (broad SMARTS) is 1. The van der Waals surface area contributed by atoms with Crippen LogP contribution in [0.3, 0.4) is 0 Å². The van der Waals surface area contributed by atoms with Crippen LogP contribution in [0.5, 0.6) is 0 Å². The standard InChI is InChI=1S/C11H14N2O3/c1-2-12-11(16)13-7-8-5-3-4-6-9(8)10(14)15/h3-6H,2,7H2,1H3,(H,14,15)(H2,12,13,16). The van der Waals surface area contributed by atoms with Gasteiger partial charge in [0.05, 0.1) is 5.56 Å². The molecular weight excluding hydrogens is 208 g/mol. The van der Waals surface area contributed by atoms with E-state index in [0.717, 1.165) is 0 Å². The number of urea groups is 1. The first-order valence-electron chi connectivity index (χ1n) is 4.98. The average molecular weight is 222 g/mol. The van der Waals surface area contributed by atoms with Gasteiger partial charge >= 0.3 is 12.0 Å². The van der Waals surface area contributed by atoms with E-state index in [-0.39, 0.29) is 18.1 Å². The molecule has 1 aromatic rings. The van der Waals surface area contributed by atoms with Crippen LogP contribution in [0.2, 0.25) is 0 Å². The maximum Gasteiger partial charge on any atom is 0.336 e. The van der Waals surface area contributed by atoms with Crippen molar-refractivity contribution >= 4 is 12.0 Å². The number of hydrogen-bond donors (Lipinski definition) is 3. The molecule has 0 heterocycles. The van der Waals surface area contributed by atoms with Crippen molar-refractivity contribution in [2.24, 2.45) is 0 Å². The Kier molecular flexibility index (Phi) is 4.32. The van der Waals surface area contributed by atoms with E-state index in [2.05, 4.69) is 10.6 Å². The Morgan fingerprint density at radius 3 is 2.56 bits per heavy atom. The van der Waals surface area contributed by atoms with Gasteiger partial charge in [-0.2, -0.15) is 0 Å². The molecular formula is C11H14N2O3. The summed E-state index contributed by atoms with van der Waals surface area (Å²) < 4.78 is 0. The van der Waals surface area contributed by atoms with Gasteiger partial charge in [-0.05, 0) is 18.6 Å². The monoisotopic (exact) mass is 222 g/mol. The van der Waals surface area contributed by atoms with Crippen LogP contribution in [0.25, 0.3) is 0 Å². The predicted octanol–water partition coefficient (Wildman–Crippen LogP) is 1.20. The van der Waals surface area contributed by atoms with Crippen LogP contribution in [0, 0.1) is 0 Å². The first-order chi connectivity index (χ1) is 7.65. The zero-order chi connectivity index (χ0) is 12.0. The number of benzene rings is 1. The van der Waals surface area contributed by atoms with Crippen LogP contribution in [-0.2, 0) is 6.54 Å². The Bertz CT molecular complexity index is 391. The highest BCUT2D eigenvalue weighted by atomic mass is 16.4. The van der Waals surface area contributed by atoms with Gasteiger partial charge in [0.1, 0.15) is 0 Å². The summed E-state index contributed by atoms with van der Waals surface area (Å²) in [4.78, 5) is 22.0. The molecule has 1 aromatic carbocycles. The molecule has 0 fully saturated rings. The zero-order valence-corrected chi connectivity index (χ0v) is 8.99. The van der Waals surface area contributed by atoms with E-state index < -0.39 is 5.97 Å². The number of hydrogen-bond acceptors (Lipinski definition) is 2. The second kappa shape index (κ2) is 5.75. The van der Waals surface area contributed by atoms with Gasteiger partial charge in [-0.1, -0.05) is 18.2 Å². The van der Waals surface area contributed by atoms with E-state index in [9.17, 15) is 9.59 Å². The summed E-state index contributed by atoms with van der Waals surface area (Å²) in [6, 6.07) is 6.27. The SMILES string of the molecule is CCNC(=O)NCc1ccccc1C(=O)O. The Labute approximate surface area is 93.5 Å². The maximum absolute atomic E-state index is 11.1. The summed E-state index contributed by atoms with van der Waals surface area (Å²) in [6.45, 7) is 2.55. The zero-order valence-electron chi connectivity index (χ0n) is 8.99. The fraction of sp³-hybridized carbons (Fsp3) is 0.273. The third-order valence-corrected chi connectivity index (χ3v) is 2.02. The van der Waals surface area contributed by atoms with Crippen LogP contribution in [-0.4, -0.2) is 23.7 Å². The Morgan fingerprint density at radius 2 is 1.94 bits per heavy atom. The summed E-state index contributed by atoms with van der Waals surface area (Å²) in [5, 5.41) is 14.1. The molecule has 3 N–H and O–H groups in total. The molecule has 5 nitrogen and oxygen atoms in total. The molecule has 0 aliphatic heterocycles. The number of carbonyl (C=O) groups excluding carboxylic acids is 1. The first kappa shape index (κ1) is 12.0. The third-order valence-electron chi connectivity index (χ3n) is 2.02. The number of amides is 2. The van der Waals surface area contributed by atoms with E-state index in [0.29, 0.717) is 12.1 Å². The topological polar surface area (TPSA) is 78.4 Å². The molecule has 86 valence electrons. The lowest BCUT2D eigenvalue weighted by molar-refractivity contribution is 0.0695. The summed E-state index contributed by atoms with van der Waals surface area (Å²) in [5.41, 5.74) is 0.792. The van der Waals surface area contributed by atoms with Crippen LogP contribution in [0.4, 0.5) is 4.79 Å². The highest BCUT2D eigenvalue weighted by Crippen LogP contribution is 2.07. The second-order valence-corrected chi connectivity index (χ2v) is 3.18. The first-order valence-corrected chi connectivity index (χ1v) is 4.98. The Morgan fingerprint density at radius 1 is 1.25 bits per heavy atom. The van der Waals surface area contributed by atoms with Gasteiger partial charge in [0.25, 0.3) is 0 Å². The van der Waals surface area contributed by atoms with Crippen molar-refractivity contribution in [2.45, 2.75) is 13.5 Å². The minimum Gasteiger partial charge on any atom is -0.478 e. The molecule has 0 aliphatic carbocycles. The minimum atomic E-state index is -0.992. The molecule has 0 radical (unpaired) electrons. The molecule has 0 aliphatic rings. The van der Waals surface area contributed by atoms with Crippen LogP contribution in [0.15, 0.2) is 24.3 Å². The predicted molar refractivity (Wildman–Crippen MR) is 59.3 cm³/mol. The molecule has 0 spiro atoms. The number of aromatic carboxylic acids is 1. The van der Waals surface area contributed by atoms with E-state index in [1.54, 1.807) is 18.2 Å². The van der Waals surface area contributed by atoms with Gasteiger partial charge in [-0.15, -0.1) is 0 Å². The van der Waals surface area contributed by atoms with Gasteiger partial charge in [0, 0.05) is 13.1 Å².